The second kappa shape index (κ2) is 5.93. The Bertz CT molecular complexity index is 574. The van der Waals surface area contributed by atoms with Crippen molar-refractivity contribution in [2.75, 3.05) is 7.11 Å². The number of hydrogen-bond acceptors (Lipinski definition) is 6. The van der Waals surface area contributed by atoms with E-state index in [1.54, 1.807) is 19.2 Å². The van der Waals surface area contributed by atoms with Crippen molar-refractivity contribution in [2.45, 2.75) is 19.5 Å². The number of H-pyrrole nitrogens is 1. The Hall–Kier alpha value is -2.46. The zero-order valence-electron chi connectivity index (χ0n) is 10.7. The molecule has 7 heteroatoms. The normalized spacial score (nSPS) is 11.8. The van der Waals surface area contributed by atoms with Crippen LogP contribution in [0.1, 0.15) is 29.9 Å². The van der Waals surface area contributed by atoms with E-state index >= 15 is 0 Å². The number of rotatable bonds is 5. The van der Waals surface area contributed by atoms with Crippen LogP contribution < -0.4 is 10.1 Å². The van der Waals surface area contributed by atoms with E-state index in [4.69, 9.17) is 10.00 Å². The molecule has 0 aliphatic heterocycles. The number of aromatic nitrogens is 4. The van der Waals surface area contributed by atoms with Gasteiger partial charge in [-0.1, -0.05) is 11.3 Å². The van der Waals surface area contributed by atoms with Crippen molar-refractivity contribution in [1.82, 2.24) is 25.9 Å². The third-order valence-electron chi connectivity index (χ3n) is 2.75. The molecule has 19 heavy (non-hydrogen) atoms. The molecule has 2 N–H and O–H groups in total. The summed E-state index contributed by atoms with van der Waals surface area (Å²) < 4.78 is 5.10. The van der Waals surface area contributed by atoms with Gasteiger partial charge in [0.25, 0.3) is 0 Å². The molecule has 1 heterocycles. The summed E-state index contributed by atoms with van der Waals surface area (Å²) in [4.78, 5) is 0. The van der Waals surface area contributed by atoms with Crippen molar-refractivity contribution >= 4 is 0 Å². The molecule has 0 spiro atoms. The maximum absolute atomic E-state index is 9.02. The smallest absolute Gasteiger partial charge is 0.191 e. The van der Waals surface area contributed by atoms with Crippen molar-refractivity contribution in [3.63, 3.8) is 0 Å². The van der Waals surface area contributed by atoms with Crippen molar-refractivity contribution < 1.29 is 4.74 Å². The summed E-state index contributed by atoms with van der Waals surface area (Å²) >= 11 is 0. The molecule has 0 radical (unpaired) electrons. The number of hydrogen-bond donors (Lipinski definition) is 2. The zero-order valence-corrected chi connectivity index (χ0v) is 10.7. The minimum absolute atomic E-state index is 0.0219. The van der Waals surface area contributed by atoms with E-state index in [1.807, 2.05) is 13.0 Å². The highest BCUT2D eigenvalue weighted by Crippen LogP contribution is 2.19. The average molecular weight is 258 g/mol. The summed E-state index contributed by atoms with van der Waals surface area (Å²) in [5, 5.41) is 26.0. The van der Waals surface area contributed by atoms with Crippen LogP contribution in [0.2, 0.25) is 0 Å². The second-order valence-electron chi connectivity index (χ2n) is 4.02. The summed E-state index contributed by atoms with van der Waals surface area (Å²) in [5.41, 5.74) is 1.52. The number of nitrogens with zero attached hydrogens (tertiary/aromatic N) is 4. The van der Waals surface area contributed by atoms with Gasteiger partial charge in [0, 0.05) is 6.54 Å². The number of tetrazole rings is 1. The monoisotopic (exact) mass is 258 g/mol. The van der Waals surface area contributed by atoms with Crippen molar-refractivity contribution in [3.05, 3.63) is 35.2 Å². The predicted molar refractivity (Wildman–Crippen MR) is 67.1 cm³/mol. The van der Waals surface area contributed by atoms with E-state index in [-0.39, 0.29) is 6.04 Å². The first-order chi connectivity index (χ1) is 9.24. The molecule has 1 unspecified atom stereocenters. The van der Waals surface area contributed by atoms with Crippen LogP contribution in [-0.2, 0) is 6.54 Å². The first kappa shape index (κ1) is 13.0. The van der Waals surface area contributed by atoms with E-state index in [2.05, 4.69) is 32.0 Å². The van der Waals surface area contributed by atoms with Crippen LogP contribution in [0.5, 0.6) is 5.75 Å². The van der Waals surface area contributed by atoms with E-state index in [0.717, 1.165) is 5.56 Å². The average Bonchev–Trinajstić information content (AvgIpc) is 2.98. The van der Waals surface area contributed by atoms with E-state index in [0.29, 0.717) is 23.7 Å². The Kier molecular flexibility index (Phi) is 4.05. The minimum atomic E-state index is -0.0219. The third-order valence-corrected chi connectivity index (χ3v) is 2.75. The number of methoxy groups -OCH3 is 1. The van der Waals surface area contributed by atoms with Gasteiger partial charge in [0.15, 0.2) is 5.82 Å². The van der Waals surface area contributed by atoms with Gasteiger partial charge in [0.2, 0.25) is 0 Å². The van der Waals surface area contributed by atoms with Gasteiger partial charge >= 0.3 is 0 Å². The first-order valence-electron chi connectivity index (χ1n) is 5.78. The molecule has 0 saturated carbocycles. The topological polar surface area (TPSA) is 99.5 Å². The molecular formula is C12H14N6O. The maximum atomic E-state index is 9.02. The molecule has 0 aliphatic carbocycles. The van der Waals surface area contributed by atoms with Crippen LogP contribution in [0.3, 0.4) is 0 Å². The fraction of sp³-hybridized carbons (Fsp3) is 0.333. The molecule has 0 aliphatic rings. The summed E-state index contributed by atoms with van der Waals surface area (Å²) in [6.07, 6.45) is 0. The lowest BCUT2D eigenvalue weighted by molar-refractivity contribution is 0.413. The van der Waals surface area contributed by atoms with Crippen molar-refractivity contribution in [2.24, 2.45) is 0 Å². The van der Waals surface area contributed by atoms with Gasteiger partial charge in [-0.2, -0.15) is 10.5 Å². The summed E-state index contributed by atoms with van der Waals surface area (Å²) in [5.74, 6) is 1.19. The number of aromatic amines is 1. The Morgan fingerprint density at radius 1 is 1.53 bits per heavy atom. The van der Waals surface area contributed by atoms with Gasteiger partial charge < -0.3 is 10.1 Å². The van der Waals surface area contributed by atoms with Crippen LogP contribution in [0.15, 0.2) is 18.2 Å². The quantitative estimate of drug-likeness (QED) is 0.827. The molecule has 0 amide bonds. The Balaban J connectivity index is 2.02. The minimum Gasteiger partial charge on any atom is -0.495 e. The van der Waals surface area contributed by atoms with Gasteiger partial charge in [-0.05, 0) is 24.6 Å². The van der Waals surface area contributed by atoms with Crippen molar-refractivity contribution in [3.8, 4) is 11.8 Å². The van der Waals surface area contributed by atoms with Gasteiger partial charge in [-0.25, -0.2) is 0 Å². The largest absolute Gasteiger partial charge is 0.495 e. The lowest BCUT2D eigenvalue weighted by Gasteiger charge is -2.11. The van der Waals surface area contributed by atoms with Gasteiger partial charge in [-0.15, -0.1) is 10.2 Å². The number of ether oxygens (including phenoxy) is 1. The predicted octanol–water partition coefficient (Wildman–Crippen LogP) is 0.931. The van der Waals surface area contributed by atoms with Crippen LogP contribution in [-0.4, -0.2) is 27.7 Å². The fourth-order valence-corrected chi connectivity index (χ4v) is 1.67. The summed E-state index contributed by atoms with van der Waals surface area (Å²) in [7, 11) is 1.55. The molecule has 98 valence electrons. The van der Waals surface area contributed by atoms with Gasteiger partial charge in [-0.3, -0.25) is 0 Å². The van der Waals surface area contributed by atoms with Crippen LogP contribution in [0.4, 0.5) is 0 Å². The highest BCUT2D eigenvalue weighted by atomic mass is 16.5. The summed E-state index contributed by atoms with van der Waals surface area (Å²) in [6.45, 7) is 2.55. The summed E-state index contributed by atoms with van der Waals surface area (Å²) in [6, 6.07) is 7.59. The standard InChI is InChI=1S/C12H14N6O/c1-8(12-15-17-18-16-12)14-7-9-3-4-11(19-2)10(5-9)6-13/h3-5,8,14H,7H2,1-2H3,(H,15,16,17,18). The van der Waals surface area contributed by atoms with E-state index in [1.165, 1.54) is 0 Å². The Morgan fingerprint density at radius 3 is 3.00 bits per heavy atom. The molecule has 0 bridgehead atoms. The SMILES string of the molecule is COc1ccc(CNC(C)c2nn[nH]n2)cc1C#N. The van der Waals surface area contributed by atoms with Crippen LogP contribution >= 0.6 is 0 Å². The maximum Gasteiger partial charge on any atom is 0.191 e. The Morgan fingerprint density at radius 2 is 2.37 bits per heavy atom. The first-order valence-corrected chi connectivity index (χ1v) is 5.78. The number of nitriles is 1. The number of benzene rings is 1. The molecule has 7 nitrogen and oxygen atoms in total. The molecule has 0 fully saturated rings. The van der Waals surface area contributed by atoms with Gasteiger partial charge in [0.1, 0.15) is 11.8 Å². The van der Waals surface area contributed by atoms with Gasteiger partial charge in [0.05, 0.1) is 18.7 Å². The van der Waals surface area contributed by atoms with Crippen LogP contribution in [0, 0.1) is 11.3 Å². The number of nitrogens with one attached hydrogen (secondary N) is 2. The van der Waals surface area contributed by atoms with E-state index in [9.17, 15) is 0 Å². The molecule has 1 aromatic heterocycles. The molecule has 2 rings (SSSR count). The fourth-order valence-electron chi connectivity index (χ4n) is 1.67. The highest BCUT2D eigenvalue weighted by molar-refractivity contribution is 5.45. The van der Waals surface area contributed by atoms with Crippen molar-refractivity contribution in [1.29, 1.82) is 5.26 Å². The molecule has 1 aromatic carbocycles. The van der Waals surface area contributed by atoms with E-state index < -0.39 is 0 Å². The van der Waals surface area contributed by atoms with Crippen LogP contribution in [0.25, 0.3) is 0 Å². The molecule has 2 aromatic rings. The third kappa shape index (κ3) is 3.05. The zero-order chi connectivity index (χ0) is 13.7. The molecule has 1 atom stereocenters. The molecule has 0 saturated heterocycles. The Labute approximate surface area is 110 Å². The molecular weight excluding hydrogens is 244 g/mol. The second-order valence-corrected chi connectivity index (χ2v) is 4.02. The lowest BCUT2D eigenvalue weighted by atomic mass is 10.1. The lowest BCUT2D eigenvalue weighted by Crippen LogP contribution is -2.19. The highest BCUT2D eigenvalue weighted by Gasteiger charge is 2.10.